The first-order valence-corrected chi connectivity index (χ1v) is 7.01. The van der Waals surface area contributed by atoms with Gasteiger partial charge in [0.1, 0.15) is 0 Å². The zero-order valence-corrected chi connectivity index (χ0v) is 11.0. The highest BCUT2D eigenvalue weighted by molar-refractivity contribution is 7.86. The molecule has 0 radical (unpaired) electrons. The molecule has 5 heteroatoms. The SMILES string of the molecule is CC(C)CCN(CCC(C)C)S(N)(=O)=O. The molecular formula is C10H24N2O2S. The van der Waals surface area contributed by atoms with Crippen molar-refractivity contribution >= 4 is 10.2 Å². The highest BCUT2D eigenvalue weighted by Crippen LogP contribution is 2.08. The van der Waals surface area contributed by atoms with Gasteiger partial charge in [0.2, 0.25) is 0 Å². The topological polar surface area (TPSA) is 63.4 Å². The van der Waals surface area contributed by atoms with Gasteiger partial charge in [0, 0.05) is 13.1 Å². The van der Waals surface area contributed by atoms with E-state index in [0.717, 1.165) is 12.8 Å². The predicted molar refractivity (Wildman–Crippen MR) is 63.6 cm³/mol. The monoisotopic (exact) mass is 236 g/mol. The van der Waals surface area contributed by atoms with Gasteiger partial charge in [-0.3, -0.25) is 0 Å². The Morgan fingerprint density at radius 3 is 1.53 bits per heavy atom. The molecule has 0 aliphatic heterocycles. The number of hydrogen-bond acceptors (Lipinski definition) is 2. The van der Waals surface area contributed by atoms with Crippen LogP contribution in [0.1, 0.15) is 40.5 Å². The lowest BCUT2D eigenvalue weighted by molar-refractivity contribution is 0.357. The van der Waals surface area contributed by atoms with Crippen LogP contribution in [-0.4, -0.2) is 25.8 Å². The van der Waals surface area contributed by atoms with Gasteiger partial charge in [-0.15, -0.1) is 0 Å². The van der Waals surface area contributed by atoms with E-state index in [4.69, 9.17) is 5.14 Å². The van der Waals surface area contributed by atoms with Crippen molar-refractivity contribution in [3.8, 4) is 0 Å². The van der Waals surface area contributed by atoms with E-state index >= 15 is 0 Å². The van der Waals surface area contributed by atoms with Gasteiger partial charge in [-0.1, -0.05) is 27.7 Å². The standard InChI is InChI=1S/C10H24N2O2S/c1-9(2)5-7-12(15(11,13)14)8-6-10(3)4/h9-10H,5-8H2,1-4H3,(H2,11,13,14). The Morgan fingerprint density at radius 1 is 1.00 bits per heavy atom. The molecule has 0 unspecified atom stereocenters. The number of nitrogens with two attached hydrogens (primary N) is 1. The molecule has 0 saturated carbocycles. The molecule has 0 aromatic heterocycles. The maximum atomic E-state index is 11.3. The van der Waals surface area contributed by atoms with Gasteiger partial charge < -0.3 is 0 Å². The molecule has 0 bridgehead atoms. The third-order valence-corrected chi connectivity index (χ3v) is 3.36. The highest BCUT2D eigenvalue weighted by atomic mass is 32.2. The van der Waals surface area contributed by atoms with Gasteiger partial charge in [-0.25, -0.2) is 5.14 Å². The van der Waals surface area contributed by atoms with Crippen molar-refractivity contribution in [1.82, 2.24) is 4.31 Å². The quantitative estimate of drug-likeness (QED) is 0.729. The summed E-state index contributed by atoms with van der Waals surface area (Å²) in [7, 11) is -3.52. The molecule has 92 valence electrons. The van der Waals surface area contributed by atoms with Crippen LogP contribution in [0.4, 0.5) is 0 Å². The van der Waals surface area contributed by atoms with E-state index in [0.29, 0.717) is 24.9 Å². The highest BCUT2D eigenvalue weighted by Gasteiger charge is 2.17. The summed E-state index contributed by atoms with van der Waals surface area (Å²) in [5.41, 5.74) is 0. The van der Waals surface area contributed by atoms with Crippen molar-refractivity contribution in [3.05, 3.63) is 0 Å². The zero-order valence-electron chi connectivity index (χ0n) is 10.2. The average molecular weight is 236 g/mol. The molecule has 0 fully saturated rings. The van der Waals surface area contributed by atoms with Gasteiger partial charge in [0.25, 0.3) is 10.2 Å². The van der Waals surface area contributed by atoms with Crippen LogP contribution in [0.5, 0.6) is 0 Å². The maximum absolute atomic E-state index is 11.3. The molecule has 0 aliphatic carbocycles. The van der Waals surface area contributed by atoms with Gasteiger partial charge in [-0.05, 0) is 24.7 Å². The number of hydrogen-bond donors (Lipinski definition) is 1. The van der Waals surface area contributed by atoms with Crippen molar-refractivity contribution < 1.29 is 8.42 Å². The van der Waals surface area contributed by atoms with Crippen molar-refractivity contribution in [3.63, 3.8) is 0 Å². The van der Waals surface area contributed by atoms with Gasteiger partial charge in [0.05, 0.1) is 0 Å². The van der Waals surface area contributed by atoms with Crippen LogP contribution < -0.4 is 5.14 Å². The second kappa shape index (κ2) is 6.45. The van der Waals surface area contributed by atoms with E-state index in [1.165, 1.54) is 4.31 Å². The molecular weight excluding hydrogens is 212 g/mol. The first-order chi connectivity index (χ1) is 6.73. The molecule has 0 aliphatic rings. The van der Waals surface area contributed by atoms with Crippen molar-refractivity contribution in [2.45, 2.75) is 40.5 Å². The van der Waals surface area contributed by atoms with Crippen LogP contribution in [0, 0.1) is 11.8 Å². The second-order valence-electron chi connectivity index (χ2n) is 4.81. The van der Waals surface area contributed by atoms with E-state index in [-0.39, 0.29) is 0 Å². The van der Waals surface area contributed by atoms with Crippen LogP contribution in [0.2, 0.25) is 0 Å². The molecule has 0 rings (SSSR count). The van der Waals surface area contributed by atoms with Crippen LogP contribution in [-0.2, 0) is 10.2 Å². The zero-order chi connectivity index (χ0) is 12.1. The molecule has 0 aromatic carbocycles. The molecule has 0 aromatic rings. The minimum absolute atomic E-state index is 0.494. The Hall–Kier alpha value is -0.130. The lowest BCUT2D eigenvalue weighted by Crippen LogP contribution is -2.38. The van der Waals surface area contributed by atoms with E-state index < -0.39 is 10.2 Å². The molecule has 15 heavy (non-hydrogen) atoms. The van der Waals surface area contributed by atoms with Crippen molar-refractivity contribution in [2.75, 3.05) is 13.1 Å². The summed E-state index contributed by atoms with van der Waals surface area (Å²) in [4.78, 5) is 0. The van der Waals surface area contributed by atoms with Crippen molar-refractivity contribution in [1.29, 1.82) is 0 Å². The van der Waals surface area contributed by atoms with E-state index in [9.17, 15) is 8.42 Å². The number of rotatable bonds is 7. The van der Waals surface area contributed by atoms with Crippen LogP contribution in [0.15, 0.2) is 0 Å². The Kier molecular flexibility index (Phi) is 6.40. The van der Waals surface area contributed by atoms with Crippen LogP contribution >= 0.6 is 0 Å². The molecule has 0 spiro atoms. The molecule has 0 heterocycles. The third-order valence-electron chi connectivity index (χ3n) is 2.27. The minimum atomic E-state index is -3.52. The van der Waals surface area contributed by atoms with E-state index in [1.54, 1.807) is 0 Å². The molecule has 0 saturated heterocycles. The summed E-state index contributed by atoms with van der Waals surface area (Å²) in [6, 6.07) is 0. The van der Waals surface area contributed by atoms with Gasteiger partial charge >= 0.3 is 0 Å². The number of nitrogens with zero attached hydrogens (tertiary/aromatic N) is 1. The first-order valence-electron chi connectivity index (χ1n) is 5.51. The summed E-state index contributed by atoms with van der Waals surface area (Å²) in [5.74, 6) is 0.988. The smallest absolute Gasteiger partial charge is 0.216 e. The summed E-state index contributed by atoms with van der Waals surface area (Å²) >= 11 is 0. The van der Waals surface area contributed by atoms with Crippen LogP contribution in [0.25, 0.3) is 0 Å². The summed E-state index contributed by atoms with van der Waals surface area (Å²) < 4.78 is 23.9. The molecule has 2 N–H and O–H groups in total. The Labute approximate surface area is 94.0 Å². The Morgan fingerprint density at radius 2 is 1.33 bits per heavy atom. The molecule has 0 atom stereocenters. The fourth-order valence-corrected chi connectivity index (χ4v) is 1.89. The molecule has 4 nitrogen and oxygen atoms in total. The fraction of sp³-hybridized carbons (Fsp3) is 1.00. The Bertz CT molecular complexity index is 249. The summed E-state index contributed by atoms with van der Waals surface area (Å²) in [6.45, 7) is 9.35. The average Bonchev–Trinajstić information content (AvgIpc) is 2.00. The Balaban J connectivity index is 4.21. The van der Waals surface area contributed by atoms with E-state index in [2.05, 4.69) is 27.7 Å². The van der Waals surface area contributed by atoms with Crippen LogP contribution in [0.3, 0.4) is 0 Å². The minimum Gasteiger partial charge on any atom is -0.216 e. The van der Waals surface area contributed by atoms with E-state index in [1.807, 2.05) is 0 Å². The van der Waals surface area contributed by atoms with Gasteiger partial charge in [0.15, 0.2) is 0 Å². The fourth-order valence-electron chi connectivity index (χ4n) is 1.17. The van der Waals surface area contributed by atoms with Gasteiger partial charge in [-0.2, -0.15) is 12.7 Å². The van der Waals surface area contributed by atoms with Crippen molar-refractivity contribution in [2.24, 2.45) is 17.0 Å². The summed E-state index contributed by atoms with van der Waals surface area (Å²) in [6.07, 6.45) is 1.71. The maximum Gasteiger partial charge on any atom is 0.276 e. The molecule has 0 amide bonds. The normalized spacial score (nSPS) is 13.1. The third kappa shape index (κ3) is 7.76. The first kappa shape index (κ1) is 14.9. The lowest BCUT2D eigenvalue weighted by Gasteiger charge is -2.21. The lowest BCUT2D eigenvalue weighted by atomic mass is 10.1. The second-order valence-corrected chi connectivity index (χ2v) is 6.36. The summed E-state index contributed by atoms with van der Waals surface area (Å²) in [5, 5.41) is 5.15. The largest absolute Gasteiger partial charge is 0.276 e. The predicted octanol–water partition coefficient (Wildman–Crippen LogP) is 1.58.